The van der Waals surface area contributed by atoms with E-state index in [1.165, 1.54) is 11.1 Å². The molecule has 2 amide bonds. The van der Waals surface area contributed by atoms with E-state index in [4.69, 9.17) is 0 Å². The van der Waals surface area contributed by atoms with E-state index in [1.54, 1.807) is 6.07 Å². The maximum atomic E-state index is 12.2. The first-order valence-corrected chi connectivity index (χ1v) is 10.7. The molecule has 1 saturated heterocycles. The second kappa shape index (κ2) is 10.0. The summed E-state index contributed by atoms with van der Waals surface area (Å²) in [5, 5.41) is 5.76. The number of piperidine rings is 1. The standard InChI is InChI=1S/C22H26IN3O2/c1-16-5-4-6-17(13-16)15-26-11-9-18(10-12-26)25-21(27)14-24-22(28)19-7-2-3-8-20(19)23/h2-8,13,18H,9-12,14-15H2,1H3,(H,24,28)(H,25,27). The second-order valence-corrected chi connectivity index (χ2v) is 8.43. The zero-order valence-corrected chi connectivity index (χ0v) is 18.2. The summed E-state index contributed by atoms with van der Waals surface area (Å²) < 4.78 is 0.874. The molecule has 1 fully saturated rings. The summed E-state index contributed by atoms with van der Waals surface area (Å²) in [4.78, 5) is 26.8. The Kier molecular flexibility index (Phi) is 7.44. The van der Waals surface area contributed by atoms with Crippen LogP contribution in [0, 0.1) is 10.5 Å². The Labute approximate surface area is 180 Å². The first kappa shape index (κ1) is 20.8. The van der Waals surface area contributed by atoms with Crippen LogP contribution in [0.3, 0.4) is 0 Å². The van der Waals surface area contributed by atoms with E-state index < -0.39 is 0 Å². The van der Waals surface area contributed by atoms with Gasteiger partial charge in [0.25, 0.3) is 5.91 Å². The summed E-state index contributed by atoms with van der Waals surface area (Å²) in [6.07, 6.45) is 1.87. The van der Waals surface area contributed by atoms with Gasteiger partial charge in [0.15, 0.2) is 0 Å². The van der Waals surface area contributed by atoms with Crippen LogP contribution in [0.4, 0.5) is 0 Å². The molecule has 1 aliphatic heterocycles. The summed E-state index contributed by atoms with van der Waals surface area (Å²) in [5.41, 5.74) is 3.22. The van der Waals surface area contributed by atoms with E-state index in [0.717, 1.165) is 36.0 Å². The number of hydrogen-bond donors (Lipinski definition) is 2. The molecule has 2 aromatic rings. The molecule has 5 nitrogen and oxygen atoms in total. The molecule has 0 radical (unpaired) electrons. The van der Waals surface area contributed by atoms with E-state index in [9.17, 15) is 9.59 Å². The quantitative estimate of drug-likeness (QED) is 0.611. The Bertz CT molecular complexity index is 832. The van der Waals surface area contributed by atoms with Crippen molar-refractivity contribution < 1.29 is 9.59 Å². The van der Waals surface area contributed by atoms with Crippen LogP contribution in [-0.4, -0.2) is 42.4 Å². The van der Waals surface area contributed by atoms with Crippen molar-refractivity contribution >= 4 is 34.4 Å². The van der Waals surface area contributed by atoms with Crippen molar-refractivity contribution in [3.8, 4) is 0 Å². The molecule has 0 spiro atoms. The number of nitrogens with one attached hydrogen (secondary N) is 2. The molecule has 1 aliphatic rings. The highest BCUT2D eigenvalue weighted by atomic mass is 127. The molecule has 0 bridgehead atoms. The van der Waals surface area contributed by atoms with Crippen molar-refractivity contribution in [1.82, 2.24) is 15.5 Å². The third-order valence-corrected chi connectivity index (χ3v) is 5.91. The first-order chi connectivity index (χ1) is 13.5. The Morgan fingerprint density at radius 2 is 1.86 bits per heavy atom. The van der Waals surface area contributed by atoms with Crippen LogP contribution in [-0.2, 0) is 11.3 Å². The van der Waals surface area contributed by atoms with Crippen molar-refractivity contribution in [3.63, 3.8) is 0 Å². The van der Waals surface area contributed by atoms with Crippen LogP contribution in [0.5, 0.6) is 0 Å². The predicted molar refractivity (Wildman–Crippen MR) is 119 cm³/mol. The van der Waals surface area contributed by atoms with Gasteiger partial charge in [-0.3, -0.25) is 14.5 Å². The summed E-state index contributed by atoms with van der Waals surface area (Å²) in [7, 11) is 0. The monoisotopic (exact) mass is 491 g/mol. The number of amides is 2. The molecular weight excluding hydrogens is 465 g/mol. The normalized spacial score (nSPS) is 15.2. The van der Waals surface area contributed by atoms with Gasteiger partial charge in [-0.15, -0.1) is 0 Å². The van der Waals surface area contributed by atoms with Gasteiger partial charge in [0, 0.05) is 29.2 Å². The maximum Gasteiger partial charge on any atom is 0.252 e. The molecule has 148 valence electrons. The minimum Gasteiger partial charge on any atom is -0.352 e. The van der Waals surface area contributed by atoms with Crippen molar-refractivity contribution in [3.05, 3.63) is 68.8 Å². The Morgan fingerprint density at radius 1 is 1.11 bits per heavy atom. The van der Waals surface area contributed by atoms with Crippen LogP contribution in [0.1, 0.15) is 34.3 Å². The smallest absolute Gasteiger partial charge is 0.252 e. The Hall–Kier alpha value is -1.93. The van der Waals surface area contributed by atoms with Gasteiger partial charge in [-0.2, -0.15) is 0 Å². The van der Waals surface area contributed by atoms with Gasteiger partial charge in [-0.05, 0) is 60.1 Å². The van der Waals surface area contributed by atoms with Gasteiger partial charge < -0.3 is 10.6 Å². The average molecular weight is 491 g/mol. The molecule has 0 aliphatic carbocycles. The van der Waals surface area contributed by atoms with Gasteiger partial charge in [0.2, 0.25) is 5.91 Å². The molecule has 0 saturated carbocycles. The number of halogens is 1. The summed E-state index contributed by atoms with van der Waals surface area (Å²) >= 11 is 2.12. The van der Waals surface area contributed by atoms with Crippen LogP contribution < -0.4 is 10.6 Å². The van der Waals surface area contributed by atoms with Gasteiger partial charge in [0.1, 0.15) is 0 Å². The summed E-state index contributed by atoms with van der Waals surface area (Å²) in [6.45, 7) is 5.01. The number of hydrogen-bond acceptors (Lipinski definition) is 3. The summed E-state index contributed by atoms with van der Waals surface area (Å²) in [5.74, 6) is -0.343. The number of carbonyl (C=O) groups is 2. The third kappa shape index (κ3) is 6.04. The topological polar surface area (TPSA) is 61.4 Å². The fourth-order valence-electron chi connectivity index (χ4n) is 3.48. The lowest BCUT2D eigenvalue weighted by molar-refractivity contribution is -0.121. The highest BCUT2D eigenvalue weighted by Gasteiger charge is 2.21. The minimum absolute atomic E-state index is 0.00726. The largest absolute Gasteiger partial charge is 0.352 e. The molecule has 0 aromatic heterocycles. The lowest BCUT2D eigenvalue weighted by Gasteiger charge is -2.32. The zero-order chi connectivity index (χ0) is 19.9. The predicted octanol–water partition coefficient (Wildman–Crippen LogP) is 3.11. The van der Waals surface area contributed by atoms with Crippen LogP contribution in [0.15, 0.2) is 48.5 Å². The average Bonchev–Trinajstić information content (AvgIpc) is 2.68. The SMILES string of the molecule is Cc1cccc(CN2CCC(NC(=O)CNC(=O)c3ccccc3I)CC2)c1. The fraction of sp³-hybridized carbons (Fsp3) is 0.364. The van der Waals surface area contributed by atoms with Gasteiger partial charge in [0.05, 0.1) is 12.1 Å². The van der Waals surface area contributed by atoms with Gasteiger partial charge >= 0.3 is 0 Å². The van der Waals surface area contributed by atoms with Gasteiger partial charge in [-0.1, -0.05) is 42.0 Å². The molecule has 0 atom stereocenters. The number of carbonyl (C=O) groups excluding carboxylic acids is 2. The third-order valence-electron chi connectivity index (χ3n) is 4.97. The second-order valence-electron chi connectivity index (χ2n) is 7.27. The minimum atomic E-state index is -0.215. The molecule has 3 rings (SSSR count). The van der Waals surface area contributed by atoms with E-state index in [1.807, 2.05) is 18.2 Å². The molecule has 28 heavy (non-hydrogen) atoms. The van der Waals surface area contributed by atoms with Gasteiger partial charge in [-0.25, -0.2) is 0 Å². The summed E-state index contributed by atoms with van der Waals surface area (Å²) in [6, 6.07) is 16.1. The van der Waals surface area contributed by atoms with Crippen molar-refractivity contribution in [2.24, 2.45) is 0 Å². The number of likely N-dealkylation sites (tertiary alicyclic amines) is 1. The van der Waals surface area contributed by atoms with Crippen molar-refractivity contribution in [2.75, 3.05) is 19.6 Å². The fourth-order valence-corrected chi connectivity index (χ4v) is 4.12. The highest BCUT2D eigenvalue weighted by Crippen LogP contribution is 2.15. The van der Waals surface area contributed by atoms with Crippen molar-refractivity contribution in [2.45, 2.75) is 32.4 Å². The number of nitrogens with zero attached hydrogens (tertiary/aromatic N) is 1. The lowest BCUT2D eigenvalue weighted by Crippen LogP contribution is -2.47. The van der Waals surface area contributed by atoms with E-state index in [2.05, 4.69) is 69.3 Å². The van der Waals surface area contributed by atoms with Crippen LogP contribution >= 0.6 is 22.6 Å². The van der Waals surface area contributed by atoms with E-state index >= 15 is 0 Å². The molecular formula is C22H26IN3O2. The zero-order valence-electron chi connectivity index (χ0n) is 16.1. The molecule has 2 aromatic carbocycles. The number of rotatable bonds is 6. The van der Waals surface area contributed by atoms with Crippen LogP contribution in [0.25, 0.3) is 0 Å². The van der Waals surface area contributed by atoms with Crippen molar-refractivity contribution in [1.29, 1.82) is 0 Å². The lowest BCUT2D eigenvalue weighted by atomic mass is 10.0. The van der Waals surface area contributed by atoms with Crippen LogP contribution in [0.2, 0.25) is 0 Å². The molecule has 2 N–H and O–H groups in total. The molecule has 6 heteroatoms. The Morgan fingerprint density at radius 3 is 2.57 bits per heavy atom. The molecule has 0 unspecified atom stereocenters. The number of aryl methyl sites for hydroxylation is 1. The highest BCUT2D eigenvalue weighted by molar-refractivity contribution is 14.1. The molecule has 1 heterocycles. The van der Waals surface area contributed by atoms with E-state index in [-0.39, 0.29) is 24.4 Å². The first-order valence-electron chi connectivity index (χ1n) is 9.61. The van der Waals surface area contributed by atoms with E-state index in [0.29, 0.717) is 5.56 Å². The Balaban J connectivity index is 1.39. The maximum absolute atomic E-state index is 12.2. The number of benzene rings is 2.